The summed E-state index contributed by atoms with van der Waals surface area (Å²) in [5.41, 5.74) is 0.878. The summed E-state index contributed by atoms with van der Waals surface area (Å²) in [6, 6.07) is 5.59. The zero-order chi connectivity index (χ0) is 16.7. The summed E-state index contributed by atoms with van der Waals surface area (Å²) >= 11 is 11.4. The minimum absolute atomic E-state index is 0.487. The number of hydrogen-bond donors (Lipinski definition) is 1. The molecule has 0 radical (unpaired) electrons. The molecule has 0 aliphatic carbocycles. The van der Waals surface area contributed by atoms with Gasteiger partial charge in [0.05, 0.1) is 17.8 Å². The zero-order valence-electron chi connectivity index (χ0n) is 13.4. The van der Waals surface area contributed by atoms with Gasteiger partial charge in [0.1, 0.15) is 5.75 Å². The Hall–Kier alpha value is -1.66. The minimum atomic E-state index is 0.487. The van der Waals surface area contributed by atoms with Crippen molar-refractivity contribution in [2.45, 2.75) is 39.5 Å². The molecule has 2 rings (SSSR count). The fourth-order valence-corrected chi connectivity index (χ4v) is 2.43. The van der Waals surface area contributed by atoms with E-state index in [0.717, 1.165) is 37.1 Å². The first kappa shape index (κ1) is 17.7. The maximum Gasteiger partial charge on any atom is 0.216 e. The van der Waals surface area contributed by atoms with Crippen molar-refractivity contribution in [2.75, 3.05) is 6.61 Å². The molecule has 0 spiro atoms. The van der Waals surface area contributed by atoms with Crippen LogP contribution in [0.15, 0.2) is 23.3 Å². The van der Waals surface area contributed by atoms with E-state index in [-0.39, 0.29) is 0 Å². The van der Waals surface area contributed by atoms with E-state index >= 15 is 0 Å². The summed E-state index contributed by atoms with van der Waals surface area (Å²) in [5, 5.41) is 12.0. The van der Waals surface area contributed by atoms with Gasteiger partial charge < -0.3 is 4.74 Å². The number of aryl methyl sites for hydroxylation is 1. The predicted octanol–water partition coefficient (Wildman–Crippen LogP) is 4.61. The number of ether oxygens (including phenoxy) is 1. The summed E-state index contributed by atoms with van der Waals surface area (Å²) in [7, 11) is 0. The van der Waals surface area contributed by atoms with Crippen LogP contribution in [-0.2, 0) is 6.42 Å². The third kappa shape index (κ3) is 4.91. The van der Waals surface area contributed by atoms with Crippen molar-refractivity contribution >= 4 is 30.0 Å². The maximum atomic E-state index is 6.22. The number of aromatic nitrogens is 3. The molecule has 1 aromatic heterocycles. The van der Waals surface area contributed by atoms with Crippen LogP contribution in [0, 0.1) is 4.77 Å². The lowest BCUT2D eigenvalue weighted by Crippen LogP contribution is -1.99. The highest BCUT2D eigenvalue weighted by Crippen LogP contribution is 2.25. The molecule has 124 valence electrons. The molecule has 1 aromatic carbocycles. The van der Waals surface area contributed by atoms with Crippen LogP contribution in [-0.4, -0.2) is 27.7 Å². The van der Waals surface area contributed by atoms with Gasteiger partial charge in [-0.3, -0.25) is 5.10 Å². The Morgan fingerprint density at radius 1 is 1.39 bits per heavy atom. The van der Waals surface area contributed by atoms with Crippen LogP contribution in [0.1, 0.15) is 44.5 Å². The molecule has 0 saturated carbocycles. The number of nitrogens with zero attached hydrogens (tertiary/aromatic N) is 3. The van der Waals surface area contributed by atoms with Crippen molar-refractivity contribution in [2.24, 2.45) is 5.10 Å². The molecule has 0 atom stereocenters. The average Bonchev–Trinajstić information content (AvgIpc) is 2.90. The lowest BCUT2D eigenvalue weighted by atomic mass is 10.2. The van der Waals surface area contributed by atoms with Crippen molar-refractivity contribution in [3.05, 3.63) is 39.4 Å². The van der Waals surface area contributed by atoms with Crippen molar-refractivity contribution < 1.29 is 4.74 Å². The average molecular weight is 353 g/mol. The topological polar surface area (TPSA) is 55.2 Å². The Morgan fingerprint density at radius 2 is 2.22 bits per heavy atom. The number of unbranched alkanes of at least 4 members (excludes halogenated alkanes) is 1. The second kappa shape index (κ2) is 8.84. The molecular weight excluding hydrogens is 332 g/mol. The second-order valence-electron chi connectivity index (χ2n) is 5.14. The summed E-state index contributed by atoms with van der Waals surface area (Å²) < 4.78 is 7.70. The van der Waals surface area contributed by atoms with E-state index in [1.54, 1.807) is 10.9 Å². The lowest BCUT2D eigenvalue weighted by molar-refractivity contribution is 0.317. The predicted molar refractivity (Wildman–Crippen MR) is 96.3 cm³/mol. The van der Waals surface area contributed by atoms with Crippen LogP contribution in [0.5, 0.6) is 5.75 Å². The van der Waals surface area contributed by atoms with E-state index in [0.29, 0.717) is 22.2 Å². The Bertz CT molecular complexity index is 723. The number of H-pyrrole nitrogens is 1. The summed E-state index contributed by atoms with van der Waals surface area (Å²) in [6.07, 6.45) is 5.64. The molecule has 0 bridgehead atoms. The first-order valence-electron chi connectivity index (χ1n) is 7.78. The third-order valence-electron chi connectivity index (χ3n) is 3.21. The van der Waals surface area contributed by atoms with Gasteiger partial charge in [-0.05, 0) is 48.8 Å². The fraction of sp³-hybridized carbons (Fsp3) is 0.438. The van der Waals surface area contributed by atoms with Gasteiger partial charge in [0, 0.05) is 6.42 Å². The van der Waals surface area contributed by atoms with E-state index in [4.69, 9.17) is 28.6 Å². The van der Waals surface area contributed by atoms with Crippen LogP contribution in [0.3, 0.4) is 0 Å². The summed E-state index contributed by atoms with van der Waals surface area (Å²) in [6.45, 7) is 4.84. The first-order valence-corrected chi connectivity index (χ1v) is 8.57. The lowest BCUT2D eigenvalue weighted by Gasteiger charge is -2.07. The Balaban J connectivity index is 2.16. The Labute approximate surface area is 146 Å². The highest BCUT2D eigenvalue weighted by molar-refractivity contribution is 7.71. The maximum absolute atomic E-state index is 6.22. The van der Waals surface area contributed by atoms with Crippen molar-refractivity contribution in [3.63, 3.8) is 0 Å². The van der Waals surface area contributed by atoms with Crippen molar-refractivity contribution in [3.8, 4) is 5.75 Å². The largest absolute Gasteiger partial charge is 0.492 e. The number of halogens is 1. The fourth-order valence-electron chi connectivity index (χ4n) is 1.99. The van der Waals surface area contributed by atoms with Crippen molar-refractivity contribution in [1.82, 2.24) is 14.9 Å². The van der Waals surface area contributed by atoms with Gasteiger partial charge in [0.25, 0.3) is 0 Å². The second-order valence-corrected chi connectivity index (χ2v) is 5.94. The Kier molecular flexibility index (Phi) is 6.80. The van der Waals surface area contributed by atoms with Gasteiger partial charge >= 0.3 is 0 Å². The monoisotopic (exact) mass is 352 g/mol. The highest BCUT2D eigenvalue weighted by atomic mass is 35.5. The minimum Gasteiger partial charge on any atom is -0.492 e. The molecule has 1 N–H and O–H groups in total. The van der Waals surface area contributed by atoms with Crippen LogP contribution >= 0.6 is 23.8 Å². The molecule has 2 aromatic rings. The number of rotatable bonds is 8. The van der Waals surface area contributed by atoms with Gasteiger partial charge in [0.2, 0.25) is 4.77 Å². The van der Waals surface area contributed by atoms with Crippen molar-refractivity contribution in [1.29, 1.82) is 0 Å². The van der Waals surface area contributed by atoms with E-state index < -0.39 is 0 Å². The van der Waals surface area contributed by atoms with Crippen LogP contribution in [0.2, 0.25) is 5.02 Å². The van der Waals surface area contributed by atoms with Gasteiger partial charge in [-0.15, -0.1) is 0 Å². The highest BCUT2D eigenvalue weighted by Gasteiger charge is 2.05. The molecule has 0 fully saturated rings. The molecule has 0 unspecified atom stereocenters. The molecular formula is C16H21ClN4OS. The molecule has 0 aliphatic rings. The summed E-state index contributed by atoms with van der Waals surface area (Å²) in [5.74, 6) is 1.52. The van der Waals surface area contributed by atoms with Crippen LogP contribution in [0.4, 0.5) is 0 Å². The number of aromatic amines is 1. The van der Waals surface area contributed by atoms with Gasteiger partial charge in [-0.25, -0.2) is 0 Å². The smallest absolute Gasteiger partial charge is 0.216 e. The molecule has 7 heteroatoms. The van der Waals surface area contributed by atoms with E-state index in [1.807, 2.05) is 18.2 Å². The zero-order valence-corrected chi connectivity index (χ0v) is 15.0. The van der Waals surface area contributed by atoms with Gasteiger partial charge in [0.15, 0.2) is 5.82 Å². The molecule has 0 amide bonds. The Morgan fingerprint density at radius 3 is 2.91 bits per heavy atom. The summed E-state index contributed by atoms with van der Waals surface area (Å²) in [4.78, 5) is 0. The third-order valence-corrected chi connectivity index (χ3v) is 3.77. The molecule has 1 heterocycles. The molecule has 0 aliphatic heterocycles. The normalized spacial score (nSPS) is 11.3. The SMILES string of the molecule is CCCCc1n[nH]c(=S)n1/N=C\c1ccc(OCCC)c(Cl)c1. The van der Waals surface area contributed by atoms with E-state index in [1.165, 1.54) is 0 Å². The molecule has 0 saturated heterocycles. The standard InChI is InChI=1S/C16H21ClN4OS/c1-3-5-6-15-19-20-16(23)21(15)18-11-12-7-8-14(13(17)10-12)22-9-4-2/h7-8,10-11H,3-6,9H2,1-2H3,(H,20,23)/b18-11-. The number of benzene rings is 1. The van der Waals surface area contributed by atoms with Gasteiger partial charge in [-0.2, -0.15) is 14.9 Å². The van der Waals surface area contributed by atoms with Crippen LogP contribution < -0.4 is 4.74 Å². The number of hydrogen-bond acceptors (Lipinski definition) is 4. The van der Waals surface area contributed by atoms with Gasteiger partial charge in [-0.1, -0.05) is 31.9 Å². The van der Waals surface area contributed by atoms with E-state index in [2.05, 4.69) is 29.1 Å². The first-order chi connectivity index (χ1) is 11.2. The van der Waals surface area contributed by atoms with Crippen LogP contribution in [0.25, 0.3) is 0 Å². The molecule has 5 nitrogen and oxygen atoms in total. The molecule has 23 heavy (non-hydrogen) atoms. The van der Waals surface area contributed by atoms with E-state index in [9.17, 15) is 0 Å². The quantitative estimate of drug-likeness (QED) is 0.557. The number of nitrogens with one attached hydrogen (secondary N) is 1.